The fraction of sp³-hybridized carbons (Fsp3) is 0.562. The number of amides is 1. The zero-order chi connectivity index (χ0) is 14.0. The van der Waals surface area contributed by atoms with Crippen LogP contribution in [-0.2, 0) is 4.79 Å². The third-order valence-electron chi connectivity index (χ3n) is 4.58. The highest BCUT2D eigenvalue weighted by Crippen LogP contribution is 2.39. The van der Waals surface area contributed by atoms with Gasteiger partial charge in [-0.3, -0.25) is 4.79 Å². The minimum absolute atomic E-state index is 0.201. The van der Waals surface area contributed by atoms with E-state index in [9.17, 15) is 4.79 Å². The molecule has 3 rings (SSSR count). The van der Waals surface area contributed by atoms with Crippen molar-refractivity contribution in [1.29, 1.82) is 0 Å². The summed E-state index contributed by atoms with van der Waals surface area (Å²) in [6, 6.07) is 8.29. The highest BCUT2D eigenvalue weighted by atomic mass is 32.2. The molecule has 2 aliphatic heterocycles. The molecule has 2 heterocycles. The maximum Gasteiger partial charge on any atom is 0.234 e. The smallest absolute Gasteiger partial charge is 0.234 e. The molecule has 2 aliphatic rings. The van der Waals surface area contributed by atoms with Crippen LogP contribution in [0.15, 0.2) is 29.2 Å². The molecular weight excluding hydrogens is 268 g/mol. The van der Waals surface area contributed by atoms with Gasteiger partial charge in [0.1, 0.15) is 0 Å². The number of hydrogen-bond acceptors (Lipinski definition) is 3. The number of nitrogens with zero attached hydrogens (tertiary/aromatic N) is 1. The molecule has 0 aromatic heterocycles. The predicted molar refractivity (Wildman–Crippen MR) is 84.3 cm³/mol. The van der Waals surface area contributed by atoms with E-state index in [0.717, 1.165) is 50.3 Å². The summed E-state index contributed by atoms with van der Waals surface area (Å²) in [4.78, 5) is 16.4. The van der Waals surface area contributed by atoms with Gasteiger partial charge in [-0.15, -0.1) is 11.8 Å². The molecule has 3 nitrogen and oxygen atoms in total. The Bertz CT molecular complexity index is 497. The maximum absolute atomic E-state index is 13.1. The molecule has 1 atom stereocenters. The summed E-state index contributed by atoms with van der Waals surface area (Å²) in [6.45, 7) is 4.85. The van der Waals surface area contributed by atoms with Crippen molar-refractivity contribution in [2.75, 3.05) is 30.3 Å². The van der Waals surface area contributed by atoms with Crippen LogP contribution in [0.3, 0.4) is 0 Å². The van der Waals surface area contributed by atoms with Gasteiger partial charge in [0.25, 0.3) is 0 Å². The topological polar surface area (TPSA) is 32.3 Å². The molecule has 4 heteroatoms. The van der Waals surface area contributed by atoms with E-state index in [-0.39, 0.29) is 5.41 Å². The fourth-order valence-corrected chi connectivity index (χ4v) is 4.26. The molecule has 1 amide bonds. The van der Waals surface area contributed by atoms with Gasteiger partial charge in [-0.25, -0.2) is 0 Å². The van der Waals surface area contributed by atoms with Crippen LogP contribution in [0, 0.1) is 5.41 Å². The lowest BCUT2D eigenvalue weighted by Gasteiger charge is -2.41. The first-order chi connectivity index (χ1) is 9.77. The van der Waals surface area contributed by atoms with E-state index in [1.165, 1.54) is 4.90 Å². The second-order valence-electron chi connectivity index (χ2n) is 5.69. The Morgan fingerprint density at radius 3 is 3.05 bits per heavy atom. The first kappa shape index (κ1) is 14.0. The highest BCUT2D eigenvalue weighted by Gasteiger charge is 2.41. The molecule has 0 radical (unpaired) electrons. The Morgan fingerprint density at radius 2 is 2.30 bits per heavy atom. The third-order valence-corrected chi connectivity index (χ3v) is 5.62. The van der Waals surface area contributed by atoms with Crippen molar-refractivity contribution in [3.8, 4) is 0 Å². The monoisotopic (exact) mass is 290 g/mol. The molecule has 0 aliphatic carbocycles. The molecule has 1 aromatic carbocycles. The summed E-state index contributed by atoms with van der Waals surface area (Å²) in [5, 5.41) is 3.42. The second kappa shape index (κ2) is 5.78. The van der Waals surface area contributed by atoms with Crippen molar-refractivity contribution in [2.45, 2.75) is 31.1 Å². The molecule has 0 spiro atoms. The first-order valence-electron chi connectivity index (χ1n) is 7.51. The largest absolute Gasteiger partial charge is 0.316 e. The summed E-state index contributed by atoms with van der Waals surface area (Å²) in [5.41, 5.74) is 0.903. The van der Waals surface area contributed by atoms with Gasteiger partial charge in [0.2, 0.25) is 5.91 Å². The Morgan fingerprint density at radius 1 is 1.45 bits per heavy atom. The minimum atomic E-state index is -0.201. The number of para-hydroxylation sites is 1. The number of fused-ring (bicyclic) bond motifs is 1. The van der Waals surface area contributed by atoms with Crippen LogP contribution in [0.1, 0.15) is 26.2 Å². The van der Waals surface area contributed by atoms with Gasteiger partial charge in [0, 0.05) is 23.7 Å². The van der Waals surface area contributed by atoms with Crippen molar-refractivity contribution in [2.24, 2.45) is 5.41 Å². The van der Waals surface area contributed by atoms with Crippen molar-refractivity contribution in [1.82, 2.24) is 5.32 Å². The van der Waals surface area contributed by atoms with E-state index in [1.807, 2.05) is 22.7 Å². The van der Waals surface area contributed by atoms with Crippen molar-refractivity contribution in [3.63, 3.8) is 0 Å². The lowest BCUT2D eigenvalue weighted by atomic mass is 9.77. The molecule has 1 aromatic rings. The van der Waals surface area contributed by atoms with Crippen LogP contribution in [0.2, 0.25) is 0 Å². The number of thioether (sulfide) groups is 1. The molecule has 1 fully saturated rings. The van der Waals surface area contributed by atoms with Crippen LogP contribution in [-0.4, -0.2) is 31.3 Å². The molecule has 1 N–H and O–H groups in total. The highest BCUT2D eigenvalue weighted by molar-refractivity contribution is 7.99. The van der Waals surface area contributed by atoms with E-state index in [1.54, 1.807) is 0 Å². The standard InChI is InChI=1S/C16H22N2OS/c1-2-16(8-5-9-17-12-16)15(19)18-10-11-20-14-7-4-3-6-13(14)18/h3-4,6-7,17H,2,5,8-12H2,1H3. The van der Waals surface area contributed by atoms with Gasteiger partial charge in [0.15, 0.2) is 0 Å². The fourth-order valence-electron chi connectivity index (χ4n) is 3.27. The van der Waals surface area contributed by atoms with Gasteiger partial charge >= 0.3 is 0 Å². The van der Waals surface area contributed by atoms with E-state index in [0.29, 0.717) is 5.91 Å². The number of carbonyl (C=O) groups is 1. The van der Waals surface area contributed by atoms with Gasteiger partial charge in [-0.1, -0.05) is 19.1 Å². The minimum Gasteiger partial charge on any atom is -0.316 e. The normalized spacial score (nSPS) is 26.1. The van der Waals surface area contributed by atoms with Crippen LogP contribution in [0.25, 0.3) is 0 Å². The summed E-state index contributed by atoms with van der Waals surface area (Å²) in [6.07, 6.45) is 3.04. The number of carbonyl (C=O) groups excluding carboxylic acids is 1. The predicted octanol–water partition coefficient (Wildman–Crippen LogP) is 2.91. The number of hydrogen-bond donors (Lipinski definition) is 1. The van der Waals surface area contributed by atoms with Crippen LogP contribution in [0.5, 0.6) is 0 Å². The SMILES string of the molecule is CCC1(C(=O)N2CCSc3ccccc32)CCCNC1. The summed E-state index contributed by atoms with van der Waals surface area (Å²) >= 11 is 1.85. The average molecular weight is 290 g/mol. The quantitative estimate of drug-likeness (QED) is 0.909. The molecular formula is C16H22N2OS. The Labute approximate surface area is 125 Å². The van der Waals surface area contributed by atoms with Gasteiger partial charge in [-0.2, -0.15) is 0 Å². The zero-order valence-corrected chi connectivity index (χ0v) is 12.8. The average Bonchev–Trinajstić information content (AvgIpc) is 2.54. The number of benzene rings is 1. The van der Waals surface area contributed by atoms with Crippen LogP contribution >= 0.6 is 11.8 Å². The summed E-state index contributed by atoms with van der Waals surface area (Å²) in [7, 11) is 0. The number of rotatable bonds is 2. The number of anilines is 1. The van der Waals surface area contributed by atoms with Crippen LogP contribution in [0.4, 0.5) is 5.69 Å². The van der Waals surface area contributed by atoms with Crippen molar-refractivity contribution in [3.05, 3.63) is 24.3 Å². The molecule has 108 valence electrons. The number of piperidine rings is 1. The van der Waals surface area contributed by atoms with Gasteiger partial charge in [-0.05, 0) is 37.9 Å². The van der Waals surface area contributed by atoms with Crippen molar-refractivity contribution < 1.29 is 4.79 Å². The van der Waals surface area contributed by atoms with Crippen LogP contribution < -0.4 is 10.2 Å². The van der Waals surface area contributed by atoms with E-state index < -0.39 is 0 Å². The second-order valence-corrected chi connectivity index (χ2v) is 6.82. The molecule has 20 heavy (non-hydrogen) atoms. The van der Waals surface area contributed by atoms with E-state index >= 15 is 0 Å². The van der Waals surface area contributed by atoms with E-state index in [4.69, 9.17) is 0 Å². The number of nitrogens with one attached hydrogen (secondary N) is 1. The molecule has 0 saturated carbocycles. The van der Waals surface area contributed by atoms with Gasteiger partial charge in [0.05, 0.1) is 11.1 Å². The molecule has 1 unspecified atom stereocenters. The third kappa shape index (κ3) is 2.35. The zero-order valence-electron chi connectivity index (χ0n) is 12.0. The molecule has 0 bridgehead atoms. The lowest BCUT2D eigenvalue weighted by molar-refractivity contribution is -0.129. The lowest BCUT2D eigenvalue weighted by Crippen LogP contribution is -2.53. The molecule has 1 saturated heterocycles. The Balaban J connectivity index is 1.91. The maximum atomic E-state index is 13.1. The van der Waals surface area contributed by atoms with Gasteiger partial charge < -0.3 is 10.2 Å². The van der Waals surface area contributed by atoms with Crippen molar-refractivity contribution >= 4 is 23.4 Å². The Hall–Kier alpha value is -1.00. The summed E-state index contributed by atoms with van der Waals surface area (Å²) in [5.74, 6) is 1.32. The summed E-state index contributed by atoms with van der Waals surface area (Å²) < 4.78 is 0. The first-order valence-corrected chi connectivity index (χ1v) is 8.50. The van der Waals surface area contributed by atoms with E-state index in [2.05, 4.69) is 30.4 Å². The Kier molecular flexibility index (Phi) is 4.03.